The van der Waals surface area contributed by atoms with Gasteiger partial charge in [-0.1, -0.05) is 105 Å². The van der Waals surface area contributed by atoms with Gasteiger partial charge in [-0.2, -0.15) is 5.10 Å². The minimum atomic E-state index is -1.45. The van der Waals surface area contributed by atoms with Crippen LogP contribution in [0.3, 0.4) is 0 Å². The van der Waals surface area contributed by atoms with Gasteiger partial charge < -0.3 is 0 Å². The normalized spacial score (nSPS) is 24.3. The third-order valence-corrected chi connectivity index (χ3v) is 6.59. The number of hydrogen-bond donors (Lipinski definition) is 1. The lowest BCUT2D eigenvalue weighted by atomic mass is 9.75. The molecule has 1 N–H and O–H groups in total. The molecule has 4 heteroatoms. The van der Waals surface area contributed by atoms with E-state index in [0.29, 0.717) is 11.3 Å². The van der Waals surface area contributed by atoms with E-state index in [4.69, 9.17) is 0 Å². The van der Waals surface area contributed by atoms with Crippen molar-refractivity contribution in [3.63, 3.8) is 0 Å². The number of carbonyl (C=O) groups is 2. The molecule has 2 aliphatic rings. The highest BCUT2D eigenvalue weighted by atomic mass is 16.2. The number of nitrogens with zero attached hydrogens (tertiary/aromatic N) is 1. The average molecular weight is 429 g/mol. The van der Waals surface area contributed by atoms with E-state index < -0.39 is 5.54 Å². The molecular weight excluding hydrogens is 396 g/mol. The van der Waals surface area contributed by atoms with Crippen molar-refractivity contribution in [3.05, 3.63) is 83.4 Å². The van der Waals surface area contributed by atoms with Crippen LogP contribution in [-0.2, 0) is 4.79 Å². The summed E-state index contributed by atoms with van der Waals surface area (Å²) in [5.74, 6) is -0.452. The number of hydrazone groups is 1. The number of nitrogens with one attached hydrogen (secondary N) is 1. The summed E-state index contributed by atoms with van der Waals surface area (Å²) in [6.45, 7) is 0. The first-order valence-electron chi connectivity index (χ1n) is 12.0. The largest absolute Gasteiger partial charge is 0.291 e. The van der Waals surface area contributed by atoms with Gasteiger partial charge in [0.25, 0.3) is 0 Å². The maximum Gasteiger partial charge on any atom is 0.222 e. The Morgan fingerprint density at radius 1 is 0.781 bits per heavy atom. The Bertz CT molecular complexity index is 995. The molecule has 0 aromatic heterocycles. The Morgan fingerprint density at radius 3 is 2.06 bits per heavy atom. The number of hydrogen-bond acceptors (Lipinski definition) is 4. The summed E-state index contributed by atoms with van der Waals surface area (Å²) >= 11 is 0. The van der Waals surface area contributed by atoms with Gasteiger partial charge in [0.2, 0.25) is 17.1 Å². The summed E-state index contributed by atoms with van der Waals surface area (Å²) in [5.41, 5.74) is 4.11. The number of rotatable bonds is 4. The van der Waals surface area contributed by atoms with E-state index in [9.17, 15) is 9.59 Å². The first-order chi connectivity index (χ1) is 15.7. The first-order valence-corrected chi connectivity index (χ1v) is 12.0. The minimum Gasteiger partial charge on any atom is -0.291 e. The molecule has 32 heavy (non-hydrogen) atoms. The summed E-state index contributed by atoms with van der Waals surface area (Å²) in [6.07, 6.45) is 13.2. The lowest BCUT2D eigenvalue weighted by Gasteiger charge is -2.29. The van der Waals surface area contributed by atoms with Gasteiger partial charge in [0.15, 0.2) is 0 Å². The fraction of sp³-hybridized carbons (Fsp3) is 0.393. The van der Waals surface area contributed by atoms with Crippen molar-refractivity contribution < 1.29 is 9.59 Å². The van der Waals surface area contributed by atoms with Crippen LogP contribution >= 0.6 is 0 Å². The zero-order valence-corrected chi connectivity index (χ0v) is 18.7. The third kappa shape index (κ3) is 4.59. The fourth-order valence-corrected chi connectivity index (χ4v) is 4.77. The van der Waals surface area contributed by atoms with Crippen LogP contribution in [0.5, 0.6) is 0 Å². The van der Waals surface area contributed by atoms with Gasteiger partial charge >= 0.3 is 0 Å². The number of ketones is 2. The van der Waals surface area contributed by atoms with Gasteiger partial charge in [-0.05, 0) is 31.3 Å². The first kappa shape index (κ1) is 22.2. The molecule has 2 aromatic carbocycles. The van der Waals surface area contributed by atoms with E-state index in [1.165, 1.54) is 32.1 Å². The van der Waals surface area contributed by atoms with Crippen molar-refractivity contribution in [2.75, 3.05) is 0 Å². The van der Waals surface area contributed by atoms with Crippen LogP contribution in [0.4, 0.5) is 0 Å². The molecule has 1 aliphatic heterocycles. The minimum absolute atomic E-state index is 0.212. The van der Waals surface area contributed by atoms with Gasteiger partial charge in [0, 0.05) is 11.1 Å². The smallest absolute Gasteiger partial charge is 0.222 e. The summed E-state index contributed by atoms with van der Waals surface area (Å²) in [6, 6.07) is 18.6. The lowest BCUT2D eigenvalue weighted by molar-refractivity contribution is -0.115. The van der Waals surface area contributed by atoms with E-state index in [0.717, 1.165) is 43.2 Å². The summed E-state index contributed by atoms with van der Waals surface area (Å²) < 4.78 is 0. The molecule has 4 nitrogen and oxygen atoms in total. The molecule has 0 radical (unpaired) electrons. The molecule has 1 unspecified atom stereocenters. The molecule has 166 valence electrons. The summed E-state index contributed by atoms with van der Waals surface area (Å²) in [5, 5.41) is 4.45. The second-order valence-electron chi connectivity index (χ2n) is 8.81. The molecule has 0 fully saturated rings. The molecule has 0 amide bonds. The van der Waals surface area contributed by atoms with Crippen molar-refractivity contribution >= 4 is 17.3 Å². The molecule has 4 rings (SSSR count). The second-order valence-corrected chi connectivity index (χ2v) is 8.81. The highest BCUT2D eigenvalue weighted by Crippen LogP contribution is 2.34. The predicted molar refractivity (Wildman–Crippen MR) is 129 cm³/mol. The quantitative estimate of drug-likeness (QED) is 0.368. The van der Waals surface area contributed by atoms with Crippen LogP contribution in [0.2, 0.25) is 0 Å². The molecule has 1 aliphatic carbocycles. The van der Waals surface area contributed by atoms with Crippen LogP contribution in [0, 0.1) is 0 Å². The third-order valence-electron chi connectivity index (χ3n) is 6.59. The standard InChI is InChI=1S/C28H32N2O2/c31-26(23-18-12-9-13-19-23)28(24-20-14-6-4-2-1-3-5-7-15-21-24)27(32)25(29-30-28)22-16-10-8-11-17-22/h8-13,16-20,30H,1-7,14-15,21H2/b24-20+. The molecule has 0 saturated carbocycles. The Morgan fingerprint density at radius 2 is 1.38 bits per heavy atom. The van der Waals surface area contributed by atoms with Crippen LogP contribution < -0.4 is 5.43 Å². The van der Waals surface area contributed by atoms with Crippen LogP contribution in [0.15, 0.2) is 77.4 Å². The van der Waals surface area contributed by atoms with E-state index in [1.54, 1.807) is 12.1 Å². The van der Waals surface area contributed by atoms with E-state index >= 15 is 0 Å². The Labute approximate surface area is 190 Å². The van der Waals surface area contributed by atoms with Gasteiger partial charge in [-0.25, -0.2) is 0 Å². The fourth-order valence-electron chi connectivity index (χ4n) is 4.77. The van der Waals surface area contributed by atoms with Crippen molar-refractivity contribution in [3.8, 4) is 0 Å². The van der Waals surface area contributed by atoms with Crippen LogP contribution in [0.25, 0.3) is 0 Å². The Balaban J connectivity index is 1.73. The maximum atomic E-state index is 14.0. The van der Waals surface area contributed by atoms with Crippen molar-refractivity contribution in [1.82, 2.24) is 5.43 Å². The van der Waals surface area contributed by atoms with E-state index in [-0.39, 0.29) is 11.6 Å². The van der Waals surface area contributed by atoms with Gasteiger partial charge in [0.1, 0.15) is 5.71 Å². The van der Waals surface area contributed by atoms with E-state index in [1.807, 2.05) is 48.5 Å². The zero-order valence-electron chi connectivity index (χ0n) is 18.7. The molecule has 1 atom stereocenters. The van der Waals surface area contributed by atoms with Crippen molar-refractivity contribution in [2.24, 2.45) is 5.10 Å². The molecular formula is C28H32N2O2. The van der Waals surface area contributed by atoms with Crippen molar-refractivity contribution in [2.45, 2.75) is 69.7 Å². The molecule has 1 heterocycles. The number of carbonyl (C=O) groups excluding carboxylic acids is 2. The SMILES string of the molecule is O=C1C(c2ccccc2)=NNC1(C(=O)c1ccccc1)/C1=C/CCCCCCCCCC1. The lowest BCUT2D eigenvalue weighted by Crippen LogP contribution is -2.55. The Hall–Kier alpha value is -3.01. The van der Waals surface area contributed by atoms with Gasteiger partial charge in [-0.15, -0.1) is 0 Å². The molecule has 0 bridgehead atoms. The highest BCUT2D eigenvalue weighted by molar-refractivity contribution is 6.55. The molecule has 0 saturated heterocycles. The highest BCUT2D eigenvalue weighted by Gasteiger charge is 2.54. The van der Waals surface area contributed by atoms with Crippen molar-refractivity contribution in [1.29, 1.82) is 0 Å². The second kappa shape index (κ2) is 10.5. The van der Waals surface area contributed by atoms with Crippen LogP contribution in [-0.4, -0.2) is 22.8 Å². The maximum absolute atomic E-state index is 14.0. The summed E-state index contributed by atoms with van der Waals surface area (Å²) in [4.78, 5) is 27.9. The number of allylic oxidation sites excluding steroid dienone is 1. The molecule has 0 spiro atoms. The predicted octanol–water partition coefficient (Wildman–Crippen LogP) is 6.03. The average Bonchev–Trinajstić information content (AvgIpc) is 3.18. The Kier molecular flexibility index (Phi) is 7.31. The number of benzene rings is 2. The van der Waals surface area contributed by atoms with Gasteiger partial charge in [-0.3, -0.25) is 15.0 Å². The number of Topliss-reactive ketones (excluding diaryl/α,β-unsaturated/α-hetero) is 2. The zero-order chi connectivity index (χ0) is 22.2. The van der Waals surface area contributed by atoms with E-state index in [2.05, 4.69) is 16.6 Å². The summed E-state index contributed by atoms with van der Waals surface area (Å²) in [7, 11) is 0. The van der Waals surface area contributed by atoms with Gasteiger partial charge in [0.05, 0.1) is 0 Å². The topological polar surface area (TPSA) is 58.5 Å². The van der Waals surface area contributed by atoms with Crippen LogP contribution in [0.1, 0.15) is 80.1 Å². The monoisotopic (exact) mass is 428 g/mol. The molecule has 2 aromatic rings.